The van der Waals surface area contributed by atoms with E-state index in [1.807, 2.05) is 0 Å². The van der Waals surface area contributed by atoms with Crippen molar-refractivity contribution in [2.45, 2.75) is 26.2 Å². The van der Waals surface area contributed by atoms with Gasteiger partial charge in [-0.2, -0.15) is 0 Å². The van der Waals surface area contributed by atoms with E-state index in [2.05, 4.69) is 6.92 Å². The van der Waals surface area contributed by atoms with E-state index < -0.39 is 0 Å². The molecule has 0 aromatic heterocycles. The normalized spacial score (nSPS) is 11.5. The molecule has 0 heterocycles. The molecule has 0 radical (unpaired) electrons. The third-order valence-electron chi connectivity index (χ3n) is 4.87. The molecule has 2 N–H and O–H groups in total. The minimum absolute atomic E-state index is 0.521. The van der Waals surface area contributed by atoms with Crippen LogP contribution in [0.3, 0.4) is 0 Å². The largest absolute Gasteiger partial charge is 0.379 e. The van der Waals surface area contributed by atoms with Crippen molar-refractivity contribution in [3.05, 3.63) is 0 Å². The lowest BCUT2D eigenvalue weighted by atomic mass is 10.3. The highest BCUT2D eigenvalue weighted by atomic mass is 16.6. The first-order valence-electron chi connectivity index (χ1n) is 14.5. The summed E-state index contributed by atoms with van der Waals surface area (Å²) in [5.41, 5.74) is 5.32. The first-order chi connectivity index (χ1) is 19.4. The van der Waals surface area contributed by atoms with E-state index in [0.717, 1.165) is 13.0 Å². The summed E-state index contributed by atoms with van der Waals surface area (Å²) < 4.78 is 59.7. The molecule has 0 fully saturated rings. The van der Waals surface area contributed by atoms with Crippen molar-refractivity contribution in [3.63, 3.8) is 0 Å². The summed E-state index contributed by atoms with van der Waals surface area (Å²) in [5, 5.41) is 0. The van der Waals surface area contributed by atoms with Crippen LogP contribution in [0.25, 0.3) is 0 Å². The Kier molecular flexibility index (Phi) is 37.1. The SMILES string of the molecule is CCCCCOCCOCCOCCOCCOCCOCCOCCOCCOCCOCCOCCN. The topological polar surface area (TPSA) is 128 Å². The Morgan fingerprint density at radius 1 is 0.282 bits per heavy atom. The van der Waals surface area contributed by atoms with Gasteiger partial charge in [0.05, 0.1) is 139 Å². The van der Waals surface area contributed by atoms with Gasteiger partial charge in [0, 0.05) is 13.2 Å². The zero-order chi connectivity index (χ0) is 28.2. The predicted molar refractivity (Wildman–Crippen MR) is 148 cm³/mol. The number of nitrogens with two attached hydrogens (primary N) is 1. The minimum atomic E-state index is 0.521. The van der Waals surface area contributed by atoms with E-state index in [4.69, 9.17) is 57.8 Å². The summed E-state index contributed by atoms with van der Waals surface area (Å²) in [4.78, 5) is 0. The molecule has 39 heavy (non-hydrogen) atoms. The van der Waals surface area contributed by atoms with E-state index in [9.17, 15) is 0 Å². The van der Waals surface area contributed by atoms with E-state index in [-0.39, 0.29) is 0 Å². The van der Waals surface area contributed by atoms with Crippen LogP contribution in [0.4, 0.5) is 0 Å². The van der Waals surface area contributed by atoms with E-state index in [1.165, 1.54) is 12.8 Å². The molecule has 0 aromatic rings. The van der Waals surface area contributed by atoms with Gasteiger partial charge in [-0.3, -0.25) is 0 Å². The summed E-state index contributed by atoms with van der Waals surface area (Å²) in [7, 11) is 0. The van der Waals surface area contributed by atoms with Crippen molar-refractivity contribution in [2.75, 3.05) is 152 Å². The van der Waals surface area contributed by atoms with Crippen molar-refractivity contribution in [3.8, 4) is 0 Å². The number of hydrogen-bond acceptors (Lipinski definition) is 12. The van der Waals surface area contributed by atoms with Gasteiger partial charge in [0.1, 0.15) is 0 Å². The van der Waals surface area contributed by atoms with Crippen LogP contribution >= 0.6 is 0 Å². The Bertz CT molecular complexity index is 389. The predicted octanol–water partition coefficient (Wildman–Crippen LogP) is 1.32. The number of rotatable bonds is 36. The maximum Gasteiger partial charge on any atom is 0.0701 e. The van der Waals surface area contributed by atoms with Gasteiger partial charge < -0.3 is 57.8 Å². The second kappa shape index (κ2) is 37.5. The van der Waals surface area contributed by atoms with Gasteiger partial charge >= 0.3 is 0 Å². The fourth-order valence-electron chi connectivity index (χ4n) is 2.84. The molecule has 0 saturated carbocycles. The van der Waals surface area contributed by atoms with Gasteiger partial charge in [-0.25, -0.2) is 0 Å². The highest BCUT2D eigenvalue weighted by Gasteiger charge is 1.96. The Morgan fingerprint density at radius 2 is 0.487 bits per heavy atom. The Balaban J connectivity index is 3.01. The Labute approximate surface area is 236 Å². The molecule has 236 valence electrons. The molecule has 0 aromatic carbocycles. The van der Waals surface area contributed by atoms with Crippen molar-refractivity contribution < 1.29 is 52.1 Å². The number of ether oxygens (including phenoxy) is 11. The van der Waals surface area contributed by atoms with E-state index >= 15 is 0 Å². The molecule has 0 bridgehead atoms. The van der Waals surface area contributed by atoms with Crippen LogP contribution in [0.5, 0.6) is 0 Å². The highest BCUT2D eigenvalue weighted by molar-refractivity contribution is 4.40. The lowest BCUT2D eigenvalue weighted by Crippen LogP contribution is -2.15. The van der Waals surface area contributed by atoms with Crippen molar-refractivity contribution in [2.24, 2.45) is 5.73 Å². The third-order valence-corrected chi connectivity index (χ3v) is 4.87. The molecular formula is C27H57NO11. The van der Waals surface area contributed by atoms with Crippen LogP contribution < -0.4 is 5.73 Å². The van der Waals surface area contributed by atoms with Crippen LogP contribution in [0.1, 0.15) is 26.2 Å². The Morgan fingerprint density at radius 3 is 0.692 bits per heavy atom. The fourth-order valence-corrected chi connectivity index (χ4v) is 2.84. The van der Waals surface area contributed by atoms with Gasteiger partial charge in [0.25, 0.3) is 0 Å². The summed E-state index contributed by atoms with van der Waals surface area (Å²) in [6, 6.07) is 0. The monoisotopic (exact) mass is 571 g/mol. The second-order valence-corrected chi connectivity index (χ2v) is 8.23. The van der Waals surface area contributed by atoms with Crippen molar-refractivity contribution >= 4 is 0 Å². The zero-order valence-electron chi connectivity index (χ0n) is 24.5. The fraction of sp³-hybridized carbons (Fsp3) is 1.00. The molecule has 0 unspecified atom stereocenters. The van der Waals surface area contributed by atoms with Crippen LogP contribution in [0, 0.1) is 0 Å². The maximum absolute atomic E-state index is 5.48. The van der Waals surface area contributed by atoms with Gasteiger partial charge in [-0.15, -0.1) is 0 Å². The van der Waals surface area contributed by atoms with E-state index in [0.29, 0.717) is 145 Å². The maximum atomic E-state index is 5.48. The van der Waals surface area contributed by atoms with Crippen molar-refractivity contribution in [1.29, 1.82) is 0 Å². The van der Waals surface area contributed by atoms with Gasteiger partial charge in [0.15, 0.2) is 0 Å². The standard InChI is InChI=1S/C27H57NO11/c1-2-3-4-6-29-8-10-31-12-14-33-16-18-35-20-22-37-24-26-39-27-25-38-23-21-36-19-17-34-15-13-32-11-9-30-7-5-28/h2-28H2,1H3. The lowest BCUT2D eigenvalue weighted by Gasteiger charge is -2.09. The summed E-state index contributed by atoms with van der Waals surface area (Å²) in [6.07, 6.45) is 3.55. The molecule has 0 aliphatic heterocycles. The van der Waals surface area contributed by atoms with Crippen LogP contribution in [-0.4, -0.2) is 152 Å². The smallest absolute Gasteiger partial charge is 0.0701 e. The molecule has 0 spiro atoms. The van der Waals surface area contributed by atoms with Crippen LogP contribution in [-0.2, 0) is 52.1 Å². The quantitative estimate of drug-likeness (QED) is 0.109. The molecule has 0 aliphatic carbocycles. The van der Waals surface area contributed by atoms with Gasteiger partial charge in [-0.1, -0.05) is 19.8 Å². The first-order valence-corrected chi connectivity index (χ1v) is 14.5. The summed E-state index contributed by atoms with van der Waals surface area (Å²) in [5.74, 6) is 0. The molecule has 12 heteroatoms. The second-order valence-electron chi connectivity index (χ2n) is 8.23. The number of hydrogen-bond donors (Lipinski definition) is 1. The lowest BCUT2D eigenvalue weighted by molar-refractivity contribution is -0.0274. The minimum Gasteiger partial charge on any atom is -0.379 e. The van der Waals surface area contributed by atoms with Crippen LogP contribution in [0.15, 0.2) is 0 Å². The van der Waals surface area contributed by atoms with E-state index in [1.54, 1.807) is 0 Å². The Hall–Kier alpha value is -0.480. The summed E-state index contributed by atoms with van der Waals surface area (Å²) in [6.45, 7) is 15.0. The molecular weight excluding hydrogens is 514 g/mol. The van der Waals surface area contributed by atoms with Crippen LogP contribution in [0.2, 0.25) is 0 Å². The van der Waals surface area contributed by atoms with Crippen molar-refractivity contribution in [1.82, 2.24) is 0 Å². The third kappa shape index (κ3) is 37.5. The molecule has 0 amide bonds. The molecule has 0 atom stereocenters. The average Bonchev–Trinajstić information content (AvgIpc) is 2.95. The first kappa shape index (κ1) is 38.5. The highest BCUT2D eigenvalue weighted by Crippen LogP contribution is 1.94. The van der Waals surface area contributed by atoms with Gasteiger partial charge in [-0.05, 0) is 6.42 Å². The molecule has 12 nitrogen and oxygen atoms in total. The molecule has 0 aliphatic rings. The summed E-state index contributed by atoms with van der Waals surface area (Å²) >= 11 is 0. The molecule has 0 saturated heterocycles. The number of unbranched alkanes of at least 4 members (excludes halogenated alkanes) is 2. The zero-order valence-corrected chi connectivity index (χ0v) is 24.5. The molecule has 0 rings (SSSR count). The van der Waals surface area contributed by atoms with Gasteiger partial charge in [0.2, 0.25) is 0 Å². The average molecular weight is 572 g/mol.